The summed E-state index contributed by atoms with van der Waals surface area (Å²) in [6.45, 7) is -0.0639. The first kappa shape index (κ1) is 27.6. The lowest BCUT2D eigenvalue weighted by molar-refractivity contribution is -0.137. The van der Waals surface area contributed by atoms with Crippen LogP contribution in [0.15, 0.2) is 79.1 Å². The number of aromatic nitrogens is 2. The van der Waals surface area contributed by atoms with E-state index in [0.717, 1.165) is 39.7 Å². The summed E-state index contributed by atoms with van der Waals surface area (Å²) in [5, 5.41) is 6.31. The van der Waals surface area contributed by atoms with Gasteiger partial charge in [0.15, 0.2) is 11.6 Å². The number of anilines is 2. The molecule has 11 heteroatoms. The molecule has 0 saturated carbocycles. The first-order valence-corrected chi connectivity index (χ1v) is 12.5. The third kappa shape index (κ3) is 5.84. The van der Waals surface area contributed by atoms with E-state index in [4.69, 9.17) is 5.73 Å². The van der Waals surface area contributed by atoms with Crippen molar-refractivity contribution in [2.75, 3.05) is 11.1 Å². The van der Waals surface area contributed by atoms with Crippen LogP contribution < -0.4 is 16.4 Å². The van der Waals surface area contributed by atoms with Gasteiger partial charge < -0.3 is 20.9 Å². The fourth-order valence-electron chi connectivity index (χ4n) is 4.54. The summed E-state index contributed by atoms with van der Waals surface area (Å²) in [4.78, 5) is 16.7. The third-order valence-corrected chi connectivity index (χ3v) is 6.67. The summed E-state index contributed by atoms with van der Waals surface area (Å²) in [7, 11) is 1.94. The highest BCUT2D eigenvalue weighted by Gasteiger charge is 2.32. The van der Waals surface area contributed by atoms with Crippen LogP contribution in [0.3, 0.4) is 0 Å². The monoisotopic (exact) mass is 565 g/mol. The molecular formula is C30H24F5N5O. The highest BCUT2D eigenvalue weighted by Crippen LogP contribution is 2.34. The molecule has 2 aromatic heterocycles. The predicted octanol–water partition coefficient (Wildman–Crippen LogP) is 6.66. The smallest absolute Gasteiger partial charge is 0.398 e. The molecule has 0 bridgehead atoms. The van der Waals surface area contributed by atoms with Crippen molar-refractivity contribution in [1.82, 2.24) is 14.9 Å². The molecule has 41 heavy (non-hydrogen) atoms. The van der Waals surface area contributed by atoms with Crippen LogP contribution in [0, 0.1) is 11.6 Å². The van der Waals surface area contributed by atoms with Crippen molar-refractivity contribution in [2.24, 2.45) is 7.05 Å². The van der Waals surface area contributed by atoms with Crippen LogP contribution in [0.4, 0.5) is 33.5 Å². The molecule has 3 aromatic carbocycles. The molecule has 210 valence electrons. The number of fused-ring (bicyclic) bond motifs is 1. The van der Waals surface area contributed by atoms with Crippen molar-refractivity contribution in [2.45, 2.75) is 19.3 Å². The summed E-state index contributed by atoms with van der Waals surface area (Å²) < 4.78 is 68.8. The number of amides is 1. The van der Waals surface area contributed by atoms with Gasteiger partial charge in [0.2, 0.25) is 0 Å². The maximum absolute atomic E-state index is 13.5. The molecule has 0 saturated heterocycles. The van der Waals surface area contributed by atoms with Crippen LogP contribution in [-0.4, -0.2) is 15.5 Å². The summed E-state index contributed by atoms with van der Waals surface area (Å²) in [5.41, 5.74) is 9.36. The van der Waals surface area contributed by atoms with E-state index in [9.17, 15) is 26.7 Å². The molecule has 5 rings (SSSR count). The summed E-state index contributed by atoms with van der Waals surface area (Å²) in [6.07, 6.45) is -2.09. The van der Waals surface area contributed by atoms with Crippen LogP contribution in [0.2, 0.25) is 0 Å². The fraction of sp³-hybridized carbons (Fsp3) is 0.133. The van der Waals surface area contributed by atoms with Crippen molar-refractivity contribution in [1.29, 1.82) is 0 Å². The van der Waals surface area contributed by atoms with Crippen LogP contribution in [0.25, 0.3) is 22.0 Å². The number of pyridine rings is 1. The van der Waals surface area contributed by atoms with Gasteiger partial charge in [-0.15, -0.1) is 0 Å². The maximum Gasteiger partial charge on any atom is 0.417 e. The van der Waals surface area contributed by atoms with Crippen molar-refractivity contribution >= 4 is 28.3 Å². The molecule has 1 amide bonds. The normalized spacial score (nSPS) is 11.6. The molecule has 4 N–H and O–H groups in total. The Hall–Kier alpha value is -4.93. The van der Waals surface area contributed by atoms with Gasteiger partial charge in [0.25, 0.3) is 5.91 Å². The first-order valence-electron chi connectivity index (χ1n) is 12.5. The molecule has 0 aliphatic heterocycles. The Morgan fingerprint density at radius 3 is 2.39 bits per heavy atom. The minimum atomic E-state index is -4.72. The number of carbonyl (C=O) groups is 1. The summed E-state index contributed by atoms with van der Waals surface area (Å²) >= 11 is 0. The lowest BCUT2D eigenvalue weighted by atomic mass is 10.0. The number of carbonyl (C=O) groups excluding carboxylic acids is 1. The summed E-state index contributed by atoms with van der Waals surface area (Å²) in [5.74, 6) is -3.08. The van der Waals surface area contributed by atoms with Gasteiger partial charge in [-0.2, -0.15) is 13.2 Å². The molecule has 0 aliphatic rings. The number of hydrogen-bond donors (Lipinski definition) is 3. The Kier molecular flexibility index (Phi) is 7.36. The number of nitrogen functional groups attached to an aromatic ring is 1. The number of alkyl halides is 3. The van der Waals surface area contributed by atoms with Gasteiger partial charge in [0, 0.05) is 49.2 Å². The first-order chi connectivity index (χ1) is 19.5. The molecule has 0 fully saturated rings. The average Bonchev–Trinajstić information content (AvgIpc) is 3.29. The zero-order valence-electron chi connectivity index (χ0n) is 21.7. The molecule has 5 aromatic rings. The van der Waals surface area contributed by atoms with Crippen molar-refractivity contribution in [3.8, 4) is 11.1 Å². The topological polar surface area (TPSA) is 85.0 Å². The van der Waals surface area contributed by atoms with Gasteiger partial charge >= 0.3 is 6.18 Å². The van der Waals surface area contributed by atoms with Gasteiger partial charge in [0.1, 0.15) is 5.82 Å². The number of nitrogens with two attached hydrogens (primary N) is 1. The second-order valence-electron chi connectivity index (χ2n) is 9.49. The standard InChI is InChI=1S/C30H24F5N5O/c1-40-16-22(27-25(36)3-2-4-26(27)40)19-8-5-17(6-9-19)13-37-28-21(12-20(15-38-28)30(33,34)35)29(41)39-14-18-7-10-23(31)24(32)11-18/h2-12,15-16H,13-14,36H2,1H3,(H,37,38)(H,39,41). The SMILES string of the molecule is Cn1cc(-c2ccc(CNc3ncc(C(F)(F)F)cc3C(=O)NCc3ccc(F)c(F)c3)cc2)c2c(N)cccc21. The minimum Gasteiger partial charge on any atom is -0.398 e. The second kappa shape index (κ2) is 10.9. The number of nitrogens with one attached hydrogen (secondary N) is 2. The van der Waals surface area contributed by atoms with E-state index in [-0.39, 0.29) is 30.0 Å². The zero-order chi connectivity index (χ0) is 29.3. The van der Waals surface area contributed by atoms with Gasteiger partial charge in [-0.25, -0.2) is 13.8 Å². The average molecular weight is 566 g/mol. The second-order valence-corrected chi connectivity index (χ2v) is 9.49. The Bertz CT molecular complexity index is 1750. The molecule has 6 nitrogen and oxygen atoms in total. The molecule has 2 heterocycles. The lowest BCUT2D eigenvalue weighted by Gasteiger charge is -2.15. The molecular weight excluding hydrogens is 541 g/mol. The lowest BCUT2D eigenvalue weighted by Crippen LogP contribution is -2.25. The van der Waals surface area contributed by atoms with E-state index >= 15 is 0 Å². The van der Waals surface area contributed by atoms with Crippen LogP contribution in [-0.2, 0) is 26.3 Å². The highest BCUT2D eigenvalue weighted by molar-refractivity contribution is 6.03. The van der Waals surface area contributed by atoms with E-state index in [1.165, 1.54) is 6.07 Å². The van der Waals surface area contributed by atoms with E-state index in [0.29, 0.717) is 18.0 Å². The fourth-order valence-corrected chi connectivity index (χ4v) is 4.54. The predicted molar refractivity (Wildman–Crippen MR) is 147 cm³/mol. The van der Waals surface area contributed by atoms with Crippen molar-refractivity contribution in [3.63, 3.8) is 0 Å². The number of nitrogens with zero attached hydrogens (tertiary/aromatic N) is 2. The molecule has 0 atom stereocenters. The molecule has 0 radical (unpaired) electrons. The van der Waals surface area contributed by atoms with Gasteiger partial charge in [0.05, 0.1) is 16.6 Å². The molecule has 0 spiro atoms. The van der Waals surface area contributed by atoms with Gasteiger partial charge in [-0.3, -0.25) is 4.79 Å². The van der Waals surface area contributed by atoms with Crippen LogP contribution in [0.5, 0.6) is 0 Å². The Balaban J connectivity index is 1.35. The maximum atomic E-state index is 13.5. The van der Waals surface area contributed by atoms with Gasteiger partial charge in [-0.1, -0.05) is 36.4 Å². The Morgan fingerprint density at radius 1 is 0.951 bits per heavy atom. The number of aryl methyl sites for hydroxylation is 1. The zero-order valence-corrected chi connectivity index (χ0v) is 21.7. The van der Waals surface area contributed by atoms with E-state index in [1.807, 2.05) is 60.3 Å². The number of halogens is 5. The van der Waals surface area contributed by atoms with Crippen LogP contribution >= 0.6 is 0 Å². The minimum absolute atomic E-state index is 0.0632. The van der Waals surface area contributed by atoms with Crippen LogP contribution in [0.1, 0.15) is 27.0 Å². The molecule has 0 aliphatic carbocycles. The largest absolute Gasteiger partial charge is 0.417 e. The summed E-state index contributed by atoms with van der Waals surface area (Å²) in [6, 6.07) is 17.0. The van der Waals surface area contributed by atoms with E-state index in [1.54, 1.807) is 0 Å². The Morgan fingerprint density at radius 2 is 1.68 bits per heavy atom. The van der Waals surface area contributed by atoms with Crippen molar-refractivity contribution in [3.05, 3.63) is 113 Å². The number of rotatable bonds is 7. The number of hydrogen-bond acceptors (Lipinski definition) is 4. The Labute approximate surface area is 231 Å². The molecule has 0 unspecified atom stereocenters. The van der Waals surface area contributed by atoms with Gasteiger partial charge in [-0.05, 0) is 47.0 Å². The van der Waals surface area contributed by atoms with E-state index < -0.39 is 29.3 Å². The quantitative estimate of drug-likeness (QED) is 0.152. The number of benzene rings is 3. The highest BCUT2D eigenvalue weighted by atomic mass is 19.4. The third-order valence-electron chi connectivity index (χ3n) is 6.67. The van der Waals surface area contributed by atoms with Crippen molar-refractivity contribution < 1.29 is 26.7 Å². The van der Waals surface area contributed by atoms with E-state index in [2.05, 4.69) is 15.6 Å².